The lowest BCUT2D eigenvalue weighted by Crippen LogP contribution is -2.05. The normalized spacial score (nSPS) is 22.9. The van der Waals surface area contributed by atoms with Gasteiger partial charge >= 0.3 is 0 Å². The average Bonchev–Trinajstić information content (AvgIpc) is 2.69. The molecule has 0 amide bonds. The molecule has 0 radical (unpaired) electrons. The molecule has 1 nitrogen and oxygen atoms in total. The Balaban J connectivity index is 2.21. The van der Waals surface area contributed by atoms with Gasteiger partial charge in [-0.1, -0.05) is 141 Å². The van der Waals surface area contributed by atoms with Crippen molar-refractivity contribution in [3.8, 4) is 0 Å². The maximum Gasteiger partial charge on any atom is 0.221 e. The van der Waals surface area contributed by atoms with Crippen LogP contribution in [-0.2, 0) is 4.79 Å². The molecule has 0 heterocycles. The van der Waals surface area contributed by atoms with Crippen LogP contribution < -0.4 is 0 Å². The summed E-state index contributed by atoms with van der Waals surface area (Å²) in [6.07, 6.45) is 34.1. The van der Waals surface area contributed by atoms with Gasteiger partial charge in [-0.25, -0.2) is 0 Å². The molecule has 1 aliphatic carbocycles. The fourth-order valence-electron chi connectivity index (χ4n) is 4.98. The number of carbonyl (C=O) groups is 1. The second kappa shape index (κ2) is 21.2. The van der Waals surface area contributed by atoms with Crippen molar-refractivity contribution in [1.29, 1.82) is 0 Å². The third-order valence-corrected chi connectivity index (χ3v) is 7.08. The summed E-state index contributed by atoms with van der Waals surface area (Å²) < 4.78 is 0. The van der Waals surface area contributed by atoms with Gasteiger partial charge in [0, 0.05) is 6.42 Å². The van der Waals surface area contributed by atoms with Crippen LogP contribution in [0.25, 0.3) is 0 Å². The van der Waals surface area contributed by atoms with Crippen LogP contribution in [0.5, 0.6) is 0 Å². The highest BCUT2D eigenvalue weighted by Gasteiger charge is 2.12. The van der Waals surface area contributed by atoms with Crippen LogP contribution in [0.4, 0.5) is 0 Å². The number of carbonyl (C=O) groups excluding carboxylic acids is 1. The Morgan fingerprint density at radius 3 is 0.862 bits per heavy atom. The first-order valence-electron chi connectivity index (χ1n) is 13.5. The average molecular weight is 427 g/mol. The number of hydrogen-bond acceptors (Lipinski definition) is 1. The minimum Gasteiger partial charge on any atom is -0.281 e. The molecule has 1 rings (SSSR count). The van der Waals surface area contributed by atoms with Gasteiger partial charge in [0.25, 0.3) is 0 Å². The summed E-state index contributed by atoms with van der Waals surface area (Å²) in [6, 6.07) is 0. The van der Waals surface area contributed by atoms with Gasteiger partial charge in [0.2, 0.25) is 5.24 Å². The summed E-state index contributed by atoms with van der Waals surface area (Å²) in [5.74, 6) is 0.537. The molecule has 0 unspecified atom stereocenters. The lowest BCUT2D eigenvalue weighted by molar-refractivity contribution is -0.112. The van der Waals surface area contributed by atoms with Crippen molar-refractivity contribution in [1.82, 2.24) is 0 Å². The molecule has 0 spiro atoms. The highest BCUT2D eigenvalue weighted by Crippen LogP contribution is 2.23. The van der Waals surface area contributed by atoms with E-state index in [2.05, 4.69) is 0 Å². The summed E-state index contributed by atoms with van der Waals surface area (Å²) in [5, 5.41) is -0.126. The molecule has 1 saturated carbocycles. The predicted octanol–water partition coefficient (Wildman–Crippen LogP) is 10.1. The minimum atomic E-state index is -0.126. The van der Waals surface area contributed by atoms with Crippen LogP contribution in [0, 0.1) is 5.92 Å². The fourth-order valence-corrected chi connectivity index (χ4v) is 5.20. The topological polar surface area (TPSA) is 17.1 Å². The molecule has 1 aliphatic rings. The second-order valence-electron chi connectivity index (χ2n) is 9.78. The van der Waals surface area contributed by atoms with Crippen molar-refractivity contribution in [3.05, 3.63) is 0 Å². The molecule has 0 saturated heterocycles. The monoisotopic (exact) mass is 426 g/mol. The van der Waals surface area contributed by atoms with Gasteiger partial charge in [-0.2, -0.15) is 0 Å². The van der Waals surface area contributed by atoms with E-state index in [1.807, 2.05) is 0 Å². The quantitative estimate of drug-likeness (QED) is 0.401. The number of rotatable bonds is 2. The summed E-state index contributed by atoms with van der Waals surface area (Å²) in [7, 11) is 0. The Morgan fingerprint density at radius 2 is 0.655 bits per heavy atom. The molecule has 0 aromatic rings. The Kier molecular flexibility index (Phi) is 19.7. The molecule has 0 aromatic carbocycles. The first-order chi connectivity index (χ1) is 14.3. The molecular formula is C27H51ClO. The van der Waals surface area contributed by atoms with Crippen molar-refractivity contribution in [2.45, 2.75) is 161 Å². The van der Waals surface area contributed by atoms with Gasteiger partial charge < -0.3 is 0 Å². The maximum atomic E-state index is 11.4. The summed E-state index contributed by atoms with van der Waals surface area (Å²) in [5.41, 5.74) is 0. The SMILES string of the molecule is O=C(Cl)CC1CCCCCCCCCCCCCCCCCCCCCCCC1. The van der Waals surface area contributed by atoms with E-state index in [-0.39, 0.29) is 5.24 Å². The third kappa shape index (κ3) is 19.7. The standard InChI is InChI=1S/C27H51ClO/c28-27(29)25-26-23-21-19-17-15-13-11-9-7-5-3-1-2-4-6-8-10-12-14-16-18-20-22-24-26/h26H,1-25H2. The van der Waals surface area contributed by atoms with Gasteiger partial charge in [0.05, 0.1) is 0 Å². The molecule has 0 aromatic heterocycles. The van der Waals surface area contributed by atoms with Crippen LogP contribution >= 0.6 is 11.6 Å². The van der Waals surface area contributed by atoms with Crippen LogP contribution in [0.2, 0.25) is 0 Å². The zero-order valence-corrected chi connectivity index (χ0v) is 20.3. The van der Waals surface area contributed by atoms with E-state index < -0.39 is 0 Å². The minimum absolute atomic E-state index is 0.126. The van der Waals surface area contributed by atoms with Crippen molar-refractivity contribution >= 4 is 16.8 Å². The Hall–Kier alpha value is -0.0400. The molecule has 0 N–H and O–H groups in total. The van der Waals surface area contributed by atoms with E-state index in [1.54, 1.807) is 0 Å². The molecule has 1 fully saturated rings. The fraction of sp³-hybridized carbons (Fsp3) is 0.963. The van der Waals surface area contributed by atoms with E-state index in [1.165, 1.54) is 154 Å². The molecule has 29 heavy (non-hydrogen) atoms. The number of hydrogen-bond donors (Lipinski definition) is 0. The van der Waals surface area contributed by atoms with Crippen LogP contribution in [-0.4, -0.2) is 5.24 Å². The van der Waals surface area contributed by atoms with Crippen molar-refractivity contribution < 1.29 is 4.79 Å². The van der Waals surface area contributed by atoms with Crippen LogP contribution in [0.1, 0.15) is 161 Å². The Morgan fingerprint density at radius 1 is 0.448 bits per heavy atom. The lowest BCUT2D eigenvalue weighted by atomic mass is 9.92. The summed E-state index contributed by atoms with van der Waals surface area (Å²) in [4.78, 5) is 11.4. The smallest absolute Gasteiger partial charge is 0.221 e. The first-order valence-corrected chi connectivity index (χ1v) is 13.8. The number of halogens is 1. The molecule has 0 aliphatic heterocycles. The van der Waals surface area contributed by atoms with E-state index in [0.717, 1.165) is 0 Å². The third-order valence-electron chi connectivity index (χ3n) is 6.92. The largest absolute Gasteiger partial charge is 0.281 e. The van der Waals surface area contributed by atoms with Crippen LogP contribution in [0.3, 0.4) is 0 Å². The highest BCUT2D eigenvalue weighted by molar-refractivity contribution is 6.63. The Labute approximate surface area is 188 Å². The Bertz CT molecular complexity index is 328. The van der Waals surface area contributed by atoms with Gasteiger partial charge in [-0.15, -0.1) is 0 Å². The first kappa shape index (κ1) is 27.0. The van der Waals surface area contributed by atoms with Gasteiger partial charge in [-0.05, 0) is 30.4 Å². The van der Waals surface area contributed by atoms with Crippen molar-refractivity contribution in [2.24, 2.45) is 5.92 Å². The van der Waals surface area contributed by atoms with Gasteiger partial charge in [-0.3, -0.25) is 4.79 Å². The van der Waals surface area contributed by atoms with Crippen LogP contribution in [0.15, 0.2) is 0 Å². The van der Waals surface area contributed by atoms with E-state index in [4.69, 9.17) is 11.6 Å². The zero-order chi connectivity index (χ0) is 20.8. The van der Waals surface area contributed by atoms with Crippen molar-refractivity contribution in [3.63, 3.8) is 0 Å². The lowest BCUT2D eigenvalue weighted by Gasteiger charge is -2.15. The summed E-state index contributed by atoms with van der Waals surface area (Å²) >= 11 is 5.70. The second-order valence-corrected chi connectivity index (χ2v) is 10.2. The predicted molar refractivity (Wildman–Crippen MR) is 130 cm³/mol. The maximum absolute atomic E-state index is 11.4. The molecule has 0 bridgehead atoms. The van der Waals surface area contributed by atoms with E-state index in [0.29, 0.717) is 12.3 Å². The van der Waals surface area contributed by atoms with E-state index >= 15 is 0 Å². The van der Waals surface area contributed by atoms with Crippen molar-refractivity contribution in [2.75, 3.05) is 0 Å². The molecule has 172 valence electrons. The van der Waals surface area contributed by atoms with Gasteiger partial charge in [0.1, 0.15) is 0 Å². The van der Waals surface area contributed by atoms with E-state index in [9.17, 15) is 4.79 Å². The highest BCUT2D eigenvalue weighted by atomic mass is 35.5. The van der Waals surface area contributed by atoms with Gasteiger partial charge in [0.15, 0.2) is 0 Å². The molecule has 2 heteroatoms. The zero-order valence-electron chi connectivity index (χ0n) is 19.5. The molecule has 0 atom stereocenters. The summed E-state index contributed by atoms with van der Waals surface area (Å²) in [6.45, 7) is 0. The molecular weight excluding hydrogens is 376 g/mol.